The number of ether oxygens (including phenoxy) is 1. The first-order chi connectivity index (χ1) is 9.97. The predicted octanol–water partition coefficient (Wildman–Crippen LogP) is 1.44. The van der Waals surface area contributed by atoms with Crippen LogP contribution in [0.5, 0.6) is 5.75 Å². The van der Waals surface area contributed by atoms with Crippen molar-refractivity contribution in [2.75, 3.05) is 18.2 Å². The molecule has 7 heteroatoms. The molecule has 1 aromatic heterocycles. The van der Waals surface area contributed by atoms with Gasteiger partial charge < -0.3 is 15.8 Å². The lowest BCUT2D eigenvalue weighted by atomic mass is 10.2. The summed E-state index contributed by atoms with van der Waals surface area (Å²) in [5, 5.41) is 15.7. The topological polar surface area (TPSA) is 106 Å². The number of benzene rings is 1. The van der Waals surface area contributed by atoms with E-state index in [-0.39, 0.29) is 5.69 Å². The number of nitriles is 1. The summed E-state index contributed by atoms with van der Waals surface area (Å²) < 4.78 is 6.60. The van der Waals surface area contributed by atoms with Gasteiger partial charge in [-0.15, -0.1) is 0 Å². The second kappa shape index (κ2) is 5.54. The Labute approximate surface area is 121 Å². The average molecular weight is 285 g/mol. The van der Waals surface area contributed by atoms with Crippen molar-refractivity contribution >= 4 is 17.3 Å². The van der Waals surface area contributed by atoms with Crippen molar-refractivity contribution in [1.82, 2.24) is 9.78 Å². The second-order valence-corrected chi connectivity index (χ2v) is 4.45. The molecule has 2 rings (SSSR count). The summed E-state index contributed by atoms with van der Waals surface area (Å²) in [7, 11) is 3.11. The van der Waals surface area contributed by atoms with Crippen LogP contribution in [0.2, 0.25) is 0 Å². The number of aryl methyl sites for hydroxylation is 2. The Balaban J connectivity index is 2.34. The largest absolute Gasteiger partial charge is 0.495 e. The van der Waals surface area contributed by atoms with E-state index in [9.17, 15) is 4.79 Å². The van der Waals surface area contributed by atoms with Crippen LogP contribution >= 0.6 is 0 Å². The van der Waals surface area contributed by atoms with E-state index in [1.165, 1.54) is 11.8 Å². The van der Waals surface area contributed by atoms with Gasteiger partial charge in [0.2, 0.25) is 0 Å². The third-order valence-electron chi connectivity index (χ3n) is 3.06. The van der Waals surface area contributed by atoms with Crippen LogP contribution in [0.3, 0.4) is 0 Å². The van der Waals surface area contributed by atoms with Gasteiger partial charge in [-0.1, -0.05) is 0 Å². The maximum atomic E-state index is 12.3. The first-order valence-electron chi connectivity index (χ1n) is 6.16. The van der Waals surface area contributed by atoms with Gasteiger partial charge in [0.25, 0.3) is 5.91 Å². The quantitative estimate of drug-likeness (QED) is 0.887. The third kappa shape index (κ3) is 2.65. The highest BCUT2D eigenvalue weighted by Gasteiger charge is 2.19. The van der Waals surface area contributed by atoms with Gasteiger partial charge >= 0.3 is 0 Å². The second-order valence-electron chi connectivity index (χ2n) is 4.45. The van der Waals surface area contributed by atoms with E-state index >= 15 is 0 Å². The van der Waals surface area contributed by atoms with E-state index in [1.54, 1.807) is 32.2 Å². The Kier molecular flexibility index (Phi) is 3.80. The van der Waals surface area contributed by atoms with E-state index in [4.69, 9.17) is 15.7 Å². The van der Waals surface area contributed by atoms with Gasteiger partial charge in [-0.3, -0.25) is 9.48 Å². The highest BCUT2D eigenvalue weighted by atomic mass is 16.5. The smallest absolute Gasteiger partial charge is 0.276 e. The molecular formula is C14H15N5O2. The van der Waals surface area contributed by atoms with Crippen molar-refractivity contribution in [2.24, 2.45) is 7.05 Å². The number of hydrogen-bond acceptors (Lipinski definition) is 5. The van der Waals surface area contributed by atoms with E-state index < -0.39 is 5.91 Å². The van der Waals surface area contributed by atoms with Crippen molar-refractivity contribution in [2.45, 2.75) is 6.92 Å². The Morgan fingerprint density at radius 3 is 2.76 bits per heavy atom. The van der Waals surface area contributed by atoms with E-state index in [0.717, 1.165) is 0 Å². The van der Waals surface area contributed by atoms with Crippen LogP contribution in [0, 0.1) is 18.3 Å². The fraction of sp³-hybridized carbons (Fsp3) is 0.214. The fourth-order valence-electron chi connectivity index (χ4n) is 1.99. The number of aromatic nitrogens is 2. The Morgan fingerprint density at radius 2 is 2.24 bits per heavy atom. The number of hydrogen-bond donors (Lipinski definition) is 2. The maximum absolute atomic E-state index is 12.3. The first-order valence-corrected chi connectivity index (χ1v) is 6.16. The molecule has 1 amide bonds. The summed E-state index contributed by atoms with van der Waals surface area (Å²) in [4.78, 5) is 12.3. The molecular weight excluding hydrogens is 270 g/mol. The number of amides is 1. The number of nitrogens with zero attached hydrogens (tertiary/aromatic N) is 3. The summed E-state index contributed by atoms with van der Waals surface area (Å²) in [5.41, 5.74) is 7.96. The highest BCUT2D eigenvalue weighted by molar-refractivity contribution is 6.07. The van der Waals surface area contributed by atoms with Crippen LogP contribution in [0.1, 0.15) is 21.7 Å². The van der Waals surface area contributed by atoms with Gasteiger partial charge in [0.05, 0.1) is 35.8 Å². The minimum atomic E-state index is -0.390. The highest BCUT2D eigenvalue weighted by Crippen LogP contribution is 2.26. The van der Waals surface area contributed by atoms with Gasteiger partial charge in [-0.05, 0) is 19.1 Å². The molecule has 0 aliphatic carbocycles. The molecule has 0 aliphatic heterocycles. The number of nitrogens with two attached hydrogens (primary N) is 1. The van der Waals surface area contributed by atoms with Gasteiger partial charge in [0, 0.05) is 13.1 Å². The zero-order chi connectivity index (χ0) is 15.6. The Bertz CT molecular complexity index is 743. The first kappa shape index (κ1) is 14.4. The molecule has 3 N–H and O–H groups in total. The van der Waals surface area contributed by atoms with Gasteiger partial charge in [0.15, 0.2) is 0 Å². The van der Waals surface area contributed by atoms with E-state index in [0.29, 0.717) is 28.4 Å². The minimum Gasteiger partial charge on any atom is -0.495 e. The molecule has 0 saturated carbocycles. The molecule has 108 valence electrons. The number of carbonyl (C=O) groups excluding carboxylic acids is 1. The summed E-state index contributed by atoms with van der Waals surface area (Å²) >= 11 is 0. The number of nitrogen functional groups attached to an aromatic ring is 1. The summed E-state index contributed by atoms with van der Waals surface area (Å²) in [5.74, 6) is 0.0125. The number of carbonyl (C=O) groups is 1. The van der Waals surface area contributed by atoms with Crippen molar-refractivity contribution in [1.29, 1.82) is 5.26 Å². The van der Waals surface area contributed by atoms with Crippen molar-refractivity contribution < 1.29 is 9.53 Å². The standard InChI is InChI=1S/C14H15N5O2/c1-8-12(16)13(19(2)18-8)14(20)17-10-5-4-9(7-15)6-11(10)21-3/h4-6H,16H2,1-3H3,(H,17,20). The Hall–Kier alpha value is -3.01. The molecule has 0 saturated heterocycles. The van der Waals surface area contributed by atoms with Gasteiger partial charge in [-0.2, -0.15) is 10.4 Å². The predicted molar refractivity (Wildman–Crippen MR) is 78.0 cm³/mol. The molecule has 0 radical (unpaired) electrons. The van der Waals surface area contributed by atoms with Crippen LogP contribution in [-0.2, 0) is 7.05 Å². The van der Waals surface area contributed by atoms with Crippen LogP contribution in [0.15, 0.2) is 18.2 Å². The lowest BCUT2D eigenvalue weighted by molar-refractivity contribution is 0.101. The zero-order valence-electron chi connectivity index (χ0n) is 12.0. The lowest BCUT2D eigenvalue weighted by Crippen LogP contribution is -2.18. The lowest BCUT2D eigenvalue weighted by Gasteiger charge is -2.10. The van der Waals surface area contributed by atoms with Crippen molar-refractivity contribution in [3.05, 3.63) is 35.2 Å². The number of anilines is 2. The SMILES string of the molecule is COc1cc(C#N)ccc1NC(=O)c1c(N)c(C)nn1C. The zero-order valence-corrected chi connectivity index (χ0v) is 12.0. The monoisotopic (exact) mass is 285 g/mol. The molecule has 21 heavy (non-hydrogen) atoms. The molecule has 0 spiro atoms. The number of nitrogens with one attached hydrogen (secondary N) is 1. The van der Waals surface area contributed by atoms with E-state index in [1.807, 2.05) is 6.07 Å². The van der Waals surface area contributed by atoms with Crippen LogP contribution in [0.4, 0.5) is 11.4 Å². The number of rotatable bonds is 3. The molecule has 7 nitrogen and oxygen atoms in total. The molecule has 0 bridgehead atoms. The van der Waals surface area contributed by atoms with E-state index in [2.05, 4.69) is 10.4 Å². The van der Waals surface area contributed by atoms with Crippen LogP contribution in [-0.4, -0.2) is 22.8 Å². The summed E-state index contributed by atoms with van der Waals surface area (Å²) in [6, 6.07) is 6.76. The van der Waals surface area contributed by atoms with Crippen molar-refractivity contribution in [3.63, 3.8) is 0 Å². The van der Waals surface area contributed by atoms with Crippen molar-refractivity contribution in [3.8, 4) is 11.8 Å². The Morgan fingerprint density at radius 1 is 1.52 bits per heavy atom. The minimum absolute atomic E-state index is 0.277. The maximum Gasteiger partial charge on any atom is 0.276 e. The molecule has 0 unspecified atom stereocenters. The summed E-state index contributed by atoms with van der Waals surface area (Å²) in [6.07, 6.45) is 0. The summed E-state index contributed by atoms with van der Waals surface area (Å²) in [6.45, 7) is 1.73. The third-order valence-corrected chi connectivity index (χ3v) is 3.06. The van der Waals surface area contributed by atoms with Gasteiger partial charge in [-0.25, -0.2) is 0 Å². The molecule has 0 atom stereocenters. The molecule has 1 aromatic carbocycles. The van der Waals surface area contributed by atoms with Crippen LogP contribution < -0.4 is 15.8 Å². The normalized spacial score (nSPS) is 10.0. The molecule has 0 fully saturated rings. The van der Waals surface area contributed by atoms with Crippen LogP contribution in [0.25, 0.3) is 0 Å². The average Bonchev–Trinajstić information content (AvgIpc) is 2.72. The van der Waals surface area contributed by atoms with Gasteiger partial charge in [0.1, 0.15) is 11.4 Å². The molecule has 2 aromatic rings. The fourth-order valence-corrected chi connectivity index (χ4v) is 1.99. The molecule has 1 heterocycles. The molecule has 0 aliphatic rings. The number of methoxy groups -OCH3 is 1.